The molecule has 2 N–H and O–H groups in total. The molecule has 0 unspecified atom stereocenters. The third-order valence-electron chi connectivity index (χ3n) is 4.40. The Labute approximate surface area is 169 Å². The molecule has 0 bridgehead atoms. The number of hydrogen-bond donors (Lipinski definition) is 1. The second-order valence-electron chi connectivity index (χ2n) is 7.08. The van der Waals surface area contributed by atoms with E-state index < -0.39 is 0 Å². The van der Waals surface area contributed by atoms with Gasteiger partial charge in [-0.05, 0) is 50.0 Å². The van der Waals surface area contributed by atoms with Crippen LogP contribution in [0.3, 0.4) is 0 Å². The number of fused-ring (bicyclic) bond motifs is 1. The van der Waals surface area contributed by atoms with Crippen LogP contribution in [0.25, 0.3) is 10.8 Å². The largest absolute Gasteiger partial charge is 0.476 e. The van der Waals surface area contributed by atoms with Gasteiger partial charge in [0.05, 0.1) is 0 Å². The number of rotatable bonds is 8. The molecule has 0 spiro atoms. The summed E-state index contributed by atoms with van der Waals surface area (Å²) in [6.45, 7) is 4.41. The Balaban J connectivity index is 0.000000292. The number of hydrogen-bond acceptors (Lipinski definition) is 4. The molecule has 1 heterocycles. The third kappa shape index (κ3) is 7.29. The van der Waals surface area contributed by atoms with Gasteiger partial charge in [-0.15, -0.1) is 0 Å². The van der Waals surface area contributed by atoms with Crippen LogP contribution < -0.4 is 10.5 Å². The molecule has 4 heteroatoms. The molecule has 28 heavy (non-hydrogen) atoms. The van der Waals surface area contributed by atoms with Crippen molar-refractivity contribution in [2.75, 3.05) is 27.2 Å². The molecule has 0 radical (unpaired) electrons. The molecule has 2 aromatic carbocycles. The van der Waals surface area contributed by atoms with Crippen LogP contribution in [0, 0.1) is 0 Å². The molecule has 3 aromatic rings. The van der Waals surface area contributed by atoms with E-state index in [1.807, 2.05) is 50.5 Å². The van der Waals surface area contributed by atoms with Crippen molar-refractivity contribution < 1.29 is 4.74 Å². The van der Waals surface area contributed by atoms with Gasteiger partial charge in [0.1, 0.15) is 6.61 Å². The van der Waals surface area contributed by atoms with Gasteiger partial charge in [-0.1, -0.05) is 61.9 Å². The molecule has 1 aromatic heterocycles. The van der Waals surface area contributed by atoms with Crippen LogP contribution in [-0.4, -0.2) is 37.1 Å². The molecule has 0 saturated heterocycles. The number of nitrogens with zero attached hydrogens (tertiary/aromatic N) is 2. The Morgan fingerprint density at radius 3 is 2.36 bits per heavy atom. The topological polar surface area (TPSA) is 51.4 Å². The van der Waals surface area contributed by atoms with E-state index in [1.54, 1.807) is 0 Å². The van der Waals surface area contributed by atoms with Crippen LogP contribution in [0.1, 0.15) is 31.0 Å². The molecule has 0 amide bonds. The highest BCUT2D eigenvalue weighted by atomic mass is 16.5. The van der Waals surface area contributed by atoms with E-state index >= 15 is 0 Å². The second-order valence-corrected chi connectivity index (χ2v) is 7.08. The Bertz CT molecular complexity index is 818. The molecule has 150 valence electrons. The fourth-order valence-electron chi connectivity index (χ4n) is 2.76. The fourth-order valence-corrected chi connectivity index (χ4v) is 2.76. The Hall–Kier alpha value is -2.43. The first kappa shape index (κ1) is 21.9. The molecule has 0 fully saturated rings. The average Bonchev–Trinajstić information content (AvgIpc) is 2.73. The molecule has 0 atom stereocenters. The molecule has 0 saturated carbocycles. The minimum Gasteiger partial charge on any atom is -0.476 e. The van der Waals surface area contributed by atoms with Gasteiger partial charge in [0.25, 0.3) is 0 Å². The lowest BCUT2D eigenvalue weighted by Crippen LogP contribution is -2.19. The van der Waals surface area contributed by atoms with Crippen molar-refractivity contribution in [3.8, 4) is 5.88 Å². The molecule has 0 aliphatic rings. The van der Waals surface area contributed by atoms with Crippen LogP contribution >= 0.6 is 0 Å². The summed E-state index contributed by atoms with van der Waals surface area (Å²) in [4.78, 5) is 6.81. The van der Waals surface area contributed by atoms with Crippen LogP contribution in [0.5, 0.6) is 5.88 Å². The van der Waals surface area contributed by atoms with E-state index in [9.17, 15) is 0 Å². The van der Waals surface area contributed by atoms with Crippen LogP contribution in [0.2, 0.25) is 0 Å². The van der Waals surface area contributed by atoms with Crippen molar-refractivity contribution in [3.05, 3.63) is 71.9 Å². The summed E-state index contributed by atoms with van der Waals surface area (Å²) >= 11 is 0. The van der Waals surface area contributed by atoms with Crippen LogP contribution in [0.15, 0.2) is 60.7 Å². The predicted octanol–water partition coefficient (Wildman–Crippen LogP) is 4.66. The number of ether oxygens (including phenoxy) is 1. The Morgan fingerprint density at radius 1 is 1.00 bits per heavy atom. The smallest absolute Gasteiger partial charge is 0.221 e. The molecule has 3 rings (SSSR count). The normalized spacial score (nSPS) is 10.6. The zero-order valence-electron chi connectivity index (χ0n) is 17.4. The lowest BCUT2D eigenvalue weighted by atomic mass is 10.1. The van der Waals surface area contributed by atoms with Gasteiger partial charge in [-0.2, -0.15) is 0 Å². The number of pyridine rings is 1. The minimum atomic E-state index is 0.640. The summed E-state index contributed by atoms with van der Waals surface area (Å²) < 4.78 is 5.90. The van der Waals surface area contributed by atoms with E-state index in [-0.39, 0.29) is 0 Å². The number of nitrogens with two attached hydrogens (primary N) is 1. The van der Waals surface area contributed by atoms with Gasteiger partial charge in [0, 0.05) is 24.2 Å². The summed E-state index contributed by atoms with van der Waals surface area (Å²) in [6, 6.07) is 20.5. The average molecular weight is 380 g/mol. The standard InChI is InChI=1S/C17H24N2O.C7H9N/c1-4-5-9-15-13-14-8-6-7-10-16(14)17(18-15)20-12-11-19(2)3;8-6-7-4-2-1-3-5-7/h6-8,10,13H,4-5,9,11-12H2,1-3H3;1-5H,6,8H2. The molecule has 0 aliphatic heterocycles. The SMILES string of the molecule is CCCCc1cc2ccccc2c(OCCN(C)C)n1.NCc1ccccc1. The van der Waals surface area contributed by atoms with Gasteiger partial charge in [0.15, 0.2) is 0 Å². The van der Waals surface area contributed by atoms with Gasteiger partial charge >= 0.3 is 0 Å². The zero-order chi connectivity index (χ0) is 20.2. The van der Waals surface area contributed by atoms with Gasteiger partial charge in [-0.25, -0.2) is 4.98 Å². The highest BCUT2D eigenvalue weighted by Crippen LogP contribution is 2.25. The lowest BCUT2D eigenvalue weighted by molar-refractivity contribution is 0.256. The zero-order valence-corrected chi connectivity index (χ0v) is 17.4. The lowest BCUT2D eigenvalue weighted by Gasteiger charge is -2.13. The number of likely N-dealkylation sites (N-methyl/N-ethyl adjacent to an activating group) is 1. The summed E-state index contributed by atoms with van der Waals surface area (Å²) in [7, 11) is 4.10. The fraction of sp³-hybridized carbons (Fsp3) is 0.375. The number of unbranched alkanes of at least 4 members (excludes halogenated alkanes) is 1. The van der Waals surface area contributed by atoms with E-state index in [2.05, 4.69) is 36.1 Å². The van der Waals surface area contributed by atoms with Crippen molar-refractivity contribution in [1.82, 2.24) is 9.88 Å². The van der Waals surface area contributed by atoms with Crippen LogP contribution in [-0.2, 0) is 13.0 Å². The highest BCUT2D eigenvalue weighted by Gasteiger charge is 2.07. The van der Waals surface area contributed by atoms with E-state index in [0.717, 1.165) is 29.9 Å². The van der Waals surface area contributed by atoms with E-state index in [4.69, 9.17) is 15.5 Å². The summed E-state index contributed by atoms with van der Waals surface area (Å²) in [5.74, 6) is 0.774. The molecule has 0 aliphatic carbocycles. The maximum Gasteiger partial charge on any atom is 0.221 e. The van der Waals surface area contributed by atoms with E-state index in [1.165, 1.54) is 23.8 Å². The van der Waals surface area contributed by atoms with Crippen LogP contribution in [0.4, 0.5) is 0 Å². The number of benzene rings is 2. The highest BCUT2D eigenvalue weighted by molar-refractivity contribution is 5.87. The predicted molar refractivity (Wildman–Crippen MR) is 119 cm³/mol. The van der Waals surface area contributed by atoms with Gasteiger partial charge in [-0.3, -0.25) is 0 Å². The first-order valence-electron chi connectivity index (χ1n) is 10.0. The van der Waals surface area contributed by atoms with Crippen molar-refractivity contribution in [3.63, 3.8) is 0 Å². The molecule has 4 nitrogen and oxygen atoms in total. The van der Waals surface area contributed by atoms with Crippen molar-refractivity contribution in [2.45, 2.75) is 32.7 Å². The monoisotopic (exact) mass is 379 g/mol. The van der Waals surface area contributed by atoms with Crippen molar-refractivity contribution >= 4 is 10.8 Å². The molecular weight excluding hydrogens is 346 g/mol. The third-order valence-corrected chi connectivity index (χ3v) is 4.40. The first-order valence-corrected chi connectivity index (χ1v) is 10.0. The second kappa shape index (κ2) is 12.1. The minimum absolute atomic E-state index is 0.640. The van der Waals surface area contributed by atoms with Crippen molar-refractivity contribution in [1.29, 1.82) is 0 Å². The van der Waals surface area contributed by atoms with E-state index in [0.29, 0.717) is 13.2 Å². The quantitative estimate of drug-likeness (QED) is 0.618. The maximum atomic E-state index is 5.90. The number of aromatic nitrogens is 1. The summed E-state index contributed by atoms with van der Waals surface area (Å²) in [6.07, 6.45) is 3.37. The summed E-state index contributed by atoms with van der Waals surface area (Å²) in [5.41, 5.74) is 7.67. The van der Waals surface area contributed by atoms with Gasteiger partial charge < -0.3 is 15.4 Å². The number of aryl methyl sites for hydroxylation is 1. The Morgan fingerprint density at radius 2 is 1.71 bits per heavy atom. The molecular formula is C24H33N3O. The van der Waals surface area contributed by atoms with Crippen molar-refractivity contribution in [2.24, 2.45) is 5.73 Å². The summed E-state index contributed by atoms with van der Waals surface area (Å²) in [5, 5.41) is 2.32. The first-order chi connectivity index (χ1) is 13.6. The van der Waals surface area contributed by atoms with Gasteiger partial charge in [0.2, 0.25) is 5.88 Å². The Kier molecular flexibility index (Phi) is 9.46. The maximum absolute atomic E-state index is 5.90.